The van der Waals surface area contributed by atoms with E-state index in [0.717, 1.165) is 28.7 Å². The lowest BCUT2D eigenvalue weighted by molar-refractivity contribution is 0.0948. The predicted molar refractivity (Wildman–Crippen MR) is 124 cm³/mol. The molecule has 0 radical (unpaired) electrons. The van der Waals surface area contributed by atoms with Gasteiger partial charge in [-0.15, -0.1) is 0 Å². The number of halogens is 1. The number of nitrogens with zero attached hydrogens (tertiary/aromatic N) is 2. The molecule has 0 saturated carbocycles. The largest absolute Gasteiger partial charge is 0.385 e. The molecule has 0 aliphatic carbocycles. The van der Waals surface area contributed by atoms with Crippen LogP contribution >= 0.6 is 0 Å². The number of fused-ring (bicyclic) bond motifs is 1. The number of hydrogen-bond acceptors (Lipinski definition) is 4. The SMILES string of the molecule is COCCCNC(=O)c1ccc(Cn2c(Nc3ccc(F)cc3)nc3ccccc32)cc1. The Morgan fingerprint density at radius 3 is 2.53 bits per heavy atom. The number of methoxy groups -OCH3 is 1. The molecule has 0 atom stereocenters. The van der Waals surface area contributed by atoms with Crippen molar-refractivity contribution in [3.8, 4) is 0 Å². The highest BCUT2D eigenvalue weighted by Gasteiger charge is 2.12. The molecule has 0 saturated heterocycles. The van der Waals surface area contributed by atoms with Crippen molar-refractivity contribution in [2.24, 2.45) is 0 Å². The standard InChI is InChI=1S/C25H25FN4O2/c1-32-16-4-15-27-24(31)19-9-7-18(8-10-19)17-30-23-6-3-2-5-22(23)29-25(30)28-21-13-11-20(26)12-14-21/h2-3,5-14H,4,15-17H2,1H3,(H,27,31)(H,28,29). The Hall–Kier alpha value is -3.71. The van der Waals surface area contributed by atoms with Gasteiger partial charge in [0.25, 0.3) is 5.91 Å². The fourth-order valence-corrected chi connectivity index (χ4v) is 3.46. The zero-order chi connectivity index (χ0) is 22.3. The molecule has 0 fully saturated rings. The molecule has 4 aromatic rings. The lowest BCUT2D eigenvalue weighted by atomic mass is 10.1. The summed E-state index contributed by atoms with van der Waals surface area (Å²) in [6.45, 7) is 1.76. The minimum atomic E-state index is -0.285. The van der Waals surface area contributed by atoms with Gasteiger partial charge in [-0.05, 0) is 60.5 Å². The Bertz CT molecular complexity index is 1190. The summed E-state index contributed by atoms with van der Waals surface area (Å²) in [4.78, 5) is 17.0. The average Bonchev–Trinajstić information content (AvgIpc) is 3.15. The van der Waals surface area contributed by atoms with Gasteiger partial charge in [-0.25, -0.2) is 9.37 Å². The highest BCUT2D eigenvalue weighted by atomic mass is 19.1. The third kappa shape index (κ3) is 5.12. The minimum Gasteiger partial charge on any atom is -0.385 e. The molecule has 3 aromatic carbocycles. The fourth-order valence-electron chi connectivity index (χ4n) is 3.46. The number of carbonyl (C=O) groups excluding carboxylic acids is 1. The molecule has 0 unspecified atom stereocenters. The van der Waals surface area contributed by atoms with Crippen LogP contribution < -0.4 is 10.6 Å². The third-order valence-electron chi connectivity index (χ3n) is 5.12. The van der Waals surface area contributed by atoms with E-state index in [2.05, 4.69) is 15.2 Å². The summed E-state index contributed by atoms with van der Waals surface area (Å²) in [5, 5.41) is 6.18. The molecular weight excluding hydrogens is 407 g/mol. The van der Waals surface area contributed by atoms with Gasteiger partial charge in [0.15, 0.2) is 0 Å². The van der Waals surface area contributed by atoms with E-state index in [0.29, 0.717) is 31.2 Å². The second-order valence-corrected chi connectivity index (χ2v) is 7.44. The quantitative estimate of drug-likeness (QED) is 0.375. The summed E-state index contributed by atoms with van der Waals surface area (Å²) < 4.78 is 20.3. The molecule has 164 valence electrons. The minimum absolute atomic E-state index is 0.0978. The Kier molecular flexibility index (Phi) is 6.77. The molecule has 0 aliphatic rings. The summed E-state index contributed by atoms with van der Waals surface area (Å²) in [5.41, 5.74) is 4.25. The van der Waals surface area contributed by atoms with Gasteiger partial charge in [-0.2, -0.15) is 0 Å². The third-order valence-corrected chi connectivity index (χ3v) is 5.12. The first kappa shape index (κ1) is 21.5. The van der Waals surface area contributed by atoms with Crippen LogP contribution in [0.1, 0.15) is 22.3 Å². The van der Waals surface area contributed by atoms with Gasteiger partial charge in [-0.3, -0.25) is 4.79 Å². The van der Waals surface area contributed by atoms with Crippen LogP contribution in [0.2, 0.25) is 0 Å². The van der Waals surface area contributed by atoms with Gasteiger partial charge >= 0.3 is 0 Å². The maximum atomic E-state index is 13.3. The molecule has 1 heterocycles. The van der Waals surface area contributed by atoms with E-state index in [4.69, 9.17) is 9.72 Å². The molecule has 6 nitrogen and oxygen atoms in total. The van der Waals surface area contributed by atoms with Crippen molar-refractivity contribution < 1.29 is 13.9 Å². The highest BCUT2D eigenvalue weighted by molar-refractivity contribution is 5.94. The number of carbonyl (C=O) groups is 1. The number of ether oxygens (including phenoxy) is 1. The number of imidazole rings is 1. The Labute approximate surface area is 186 Å². The zero-order valence-electron chi connectivity index (χ0n) is 17.8. The second-order valence-electron chi connectivity index (χ2n) is 7.44. The fraction of sp³-hybridized carbons (Fsp3) is 0.200. The first-order chi connectivity index (χ1) is 15.6. The molecule has 32 heavy (non-hydrogen) atoms. The van der Waals surface area contributed by atoms with Crippen molar-refractivity contribution in [1.29, 1.82) is 0 Å². The summed E-state index contributed by atoms with van der Waals surface area (Å²) >= 11 is 0. The van der Waals surface area contributed by atoms with Gasteiger partial charge in [-0.1, -0.05) is 24.3 Å². The Morgan fingerprint density at radius 1 is 1.03 bits per heavy atom. The van der Waals surface area contributed by atoms with Gasteiger partial charge < -0.3 is 19.9 Å². The van der Waals surface area contributed by atoms with Gasteiger partial charge in [0.1, 0.15) is 5.82 Å². The van der Waals surface area contributed by atoms with Crippen molar-refractivity contribution in [3.63, 3.8) is 0 Å². The normalized spacial score (nSPS) is 10.9. The van der Waals surface area contributed by atoms with Crippen LogP contribution in [0.3, 0.4) is 0 Å². The van der Waals surface area contributed by atoms with Crippen molar-refractivity contribution in [2.45, 2.75) is 13.0 Å². The maximum Gasteiger partial charge on any atom is 0.251 e. The second kappa shape index (κ2) is 10.1. The van der Waals surface area contributed by atoms with Crippen molar-refractivity contribution in [2.75, 3.05) is 25.6 Å². The number of aromatic nitrogens is 2. The molecule has 2 N–H and O–H groups in total. The van der Waals surface area contributed by atoms with Crippen LogP contribution in [-0.4, -0.2) is 35.7 Å². The van der Waals surface area contributed by atoms with E-state index < -0.39 is 0 Å². The number of benzene rings is 3. The van der Waals surface area contributed by atoms with E-state index in [-0.39, 0.29) is 11.7 Å². The summed E-state index contributed by atoms with van der Waals surface area (Å²) in [6, 6.07) is 21.6. The van der Waals surface area contributed by atoms with Crippen molar-refractivity contribution in [1.82, 2.24) is 14.9 Å². The zero-order valence-corrected chi connectivity index (χ0v) is 17.8. The van der Waals surface area contributed by atoms with Crippen LogP contribution in [0.5, 0.6) is 0 Å². The molecule has 1 aromatic heterocycles. The average molecular weight is 432 g/mol. The van der Waals surface area contributed by atoms with E-state index in [9.17, 15) is 9.18 Å². The molecule has 7 heteroatoms. The first-order valence-corrected chi connectivity index (χ1v) is 10.5. The van der Waals surface area contributed by atoms with Gasteiger partial charge in [0, 0.05) is 31.5 Å². The number of hydrogen-bond donors (Lipinski definition) is 2. The van der Waals surface area contributed by atoms with Crippen molar-refractivity contribution in [3.05, 3.63) is 89.7 Å². The molecule has 1 amide bonds. The van der Waals surface area contributed by atoms with Crippen LogP contribution in [0.25, 0.3) is 11.0 Å². The Morgan fingerprint density at radius 2 is 1.78 bits per heavy atom. The molecule has 0 bridgehead atoms. The van der Waals surface area contributed by atoms with Crippen LogP contribution in [0, 0.1) is 5.82 Å². The first-order valence-electron chi connectivity index (χ1n) is 10.5. The smallest absolute Gasteiger partial charge is 0.251 e. The molecule has 0 spiro atoms. The summed E-state index contributed by atoms with van der Waals surface area (Å²) in [6.07, 6.45) is 0.776. The van der Waals surface area contributed by atoms with E-state index in [1.165, 1.54) is 12.1 Å². The summed E-state index contributed by atoms with van der Waals surface area (Å²) in [7, 11) is 1.64. The summed E-state index contributed by atoms with van der Waals surface area (Å²) in [5.74, 6) is 0.282. The topological polar surface area (TPSA) is 68.2 Å². The molecular formula is C25H25FN4O2. The van der Waals surface area contributed by atoms with Gasteiger partial charge in [0.05, 0.1) is 17.6 Å². The highest BCUT2D eigenvalue weighted by Crippen LogP contribution is 2.24. The lowest BCUT2D eigenvalue weighted by Gasteiger charge is -2.12. The monoisotopic (exact) mass is 432 g/mol. The predicted octanol–water partition coefficient (Wildman–Crippen LogP) is 4.73. The van der Waals surface area contributed by atoms with E-state index >= 15 is 0 Å². The van der Waals surface area contributed by atoms with Crippen molar-refractivity contribution >= 4 is 28.6 Å². The van der Waals surface area contributed by atoms with Crippen LogP contribution in [0.4, 0.5) is 16.0 Å². The number of para-hydroxylation sites is 2. The Balaban J connectivity index is 1.53. The van der Waals surface area contributed by atoms with Gasteiger partial charge in [0.2, 0.25) is 5.95 Å². The lowest BCUT2D eigenvalue weighted by Crippen LogP contribution is -2.25. The molecule has 4 rings (SSSR count). The number of anilines is 2. The molecule has 0 aliphatic heterocycles. The maximum absolute atomic E-state index is 13.3. The number of rotatable bonds is 9. The number of amides is 1. The number of nitrogens with one attached hydrogen (secondary N) is 2. The van der Waals surface area contributed by atoms with E-state index in [1.807, 2.05) is 48.5 Å². The van der Waals surface area contributed by atoms with Crippen LogP contribution in [-0.2, 0) is 11.3 Å². The van der Waals surface area contributed by atoms with E-state index in [1.54, 1.807) is 19.2 Å². The van der Waals surface area contributed by atoms with Crippen LogP contribution in [0.15, 0.2) is 72.8 Å².